The van der Waals surface area contributed by atoms with Crippen molar-refractivity contribution in [2.45, 2.75) is 12.7 Å². The van der Waals surface area contributed by atoms with Gasteiger partial charge in [0, 0.05) is 33.3 Å². The Bertz CT molecular complexity index is 724. The molecule has 2 aromatic carbocycles. The predicted molar refractivity (Wildman–Crippen MR) is 100 cm³/mol. The van der Waals surface area contributed by atoms with Crippen LogP contribution in [0.4, 0.5) is 17.1 Å². The van der Waals surface area contributed by atoms with Gasteiger partial charge in [-0.2, -0.15) is 0 Å². The van der Waals surface area contributed by atoms with Crippen LogP contribution < -0.4 is 26.4 Å². The van der Waals surface area contributed by atoms with Gasteiger partial charge < -0.3 is 31.5 Å². The lowest BCUT2D eigenvalue weighted by Gasteiger charge is -2.18. The number of hydrogen-bond acceptors (Lipinski definition) is 6. The third-order valence-corrected chi connectivity index (χ3v) is 3.91. The Morgan fingerprint density at radius 2 is 1.72 bits per heavy atom. The van der Waals surface area contributed by atoms with Gasteiger partial charge in [-0.25, -0.2) is 0 Å². The normalized spacial score (nSPS) is 11.5. The quantitative estimate of drug-likeness (QED) is 0.501. The van der Waals surface area contributed by atoms with Crippen LogP contribution in [0.3, 0.4) is 0 Å². The molecule has 1 atom stereocenters. The van der Waals surface area contributed by atoms with Gasteiger partial charge in [0.25, 0.3) is 5.91 Å². The van der Waals surface area contributed by atoms with Gasteiger partial charge >= 0.3 is 0 Å². The Kier molecular flexibility index (Phi) is 6.08. The van der Waals surface area contributed by atoms with E-state index in [0.717, 1.165) is 17.1 Å². The first kappa shape index (κ1) is 18.4. The number of rotatable bonds is 8. The highest BCUT2D eigenvalue weighted by Gasteiger charge is 2.17. The first-order valence-corrected chi connectivity index (χ1v) is 7.91. The Morgan fingerprint density at radius 1 is 1.12 bits per heavy atom. The van der Waals surface area contributed by atoms with Gasteiger partial charge in [0.15, 0.2) is 6.10 Å². The smallest absolute Gasteiger partial charge is 0.250 e. The summed E-state index contributed by atoms with van der Waals surface area (Å²) in [5, 5.41) is 19.3. The average molecular weight is 344 g/mol. The first-order chi connectivity index (χ1) is 12.0. The molecule has 1 unspecified atom stereocenters. The molecule has 0 aliphatic heterocycles. The van der Waals surface area contributed by atoms with Crippen molar-refractivity contribution in [2.24, 2.45) is 5.73 Å². The molecule has 1 amide bonds. The molecule has 0 heterocycles. The molecule has 0 saturated carbocycles. The van der Waals surface area contributed by atoms with Gasteiger partial charge in [0.05, 0.1) is 17.1 Å². The van der Waals surface area contributed by atoms with Crippen LogP contribution in [0.5, 0.6) is 5.75 Å². The molecule has 0 bridgehead atoms. The van der Waals surface area contributed by atoms with Crippen LogP contribution in [-0.2, 0) is 11.4 Å². The molecule has 0 aliphatic carbocycles. The molecule has 0 radical (unpaired) electrons. The molecular weight excluding hydrogens is 320 g/mol. The maximum atomic E-state index is 11.3. The summed E-state index contributed by atoms with van der Waals surface area (Å²) in [7, 11) is 5.51. The van der Waals surface area contributed by atoms with Crippen LogP contribution >= 0.6 is 0 Å². The van der Waals surface area contributed by atoms with Crippen molar-refractivity contribution in [1.29, 1.82) is 0 Å². The fraction of sp³-hybridized carbons (Fsp3) is 0.278. The van der Waals surface area contributed by atoms with E-state index in [1.54, 1.807) is 18.2 Å². The van der Waals surface area contributed by atoms with Gasteiger partial charge in [-0.1, -0.05) is 24.3 Å². The van der Waals surface area contributed by atoms with Gasteiger partial charge in [0.2, 0.25) is 0 Å². The van der Waals surface area contributed by atoms with Crippen molar-refractivity contribution in [3.05, 3.63) is 47.5 Å². The van der Waals surface area contributed by atoms with E-state index in [1.165, 1.54) is 0 Å². The summed E-state index contributed by atoms with van der Waals surface area (Å²) in [4.78, 5) is 11.3. The number of hydrogen-bond donors (Lipinski definition) is 5. The van der Waals surface area contributed by atoms with E-state index in [9.17, 15) is 9.90 Å². The third kappa shape index (κ3) is 4.13. The van der Waals surface area contributed by atoms with Crippen molar-refractivity contribution >= 4 is 23.0 Å². The van der Waals surface area contributed by atoms with Crippen molar-refractivity contribution in [1.82, 2.24) is 0 Å². The van der Waals surface area contributed by atoms with E-state index in [-0.39, 0.29) is 6.61 Å². The second kappa shape index (κ2) is 8.25. The number of benzene rings is 2. The molecular formula is C18H24N4O3. The monoisotopic (exact) mass is 344 g/mol. The fourth-order valence-electron chi connectivity index (χ4n) is 2.61. The molecule has 2 rings (SSSR count). The Hall–Kier alpha value is -2.93. The lowest BCUT2D eigenvalue weighted by molar-refractivity contribution is -0.126. The van der Waals surface area contributed by atoms with Gasteiger partial charge in [-0.15, -0.1) is 0 Å². The van der Waals surface area contributed by atoms with E-state index in [1.807, 2.05) is 39.3 Å². The average Bonchev–Trinajstić information content (AvgIpc) is 2.64. The third-order valence-electron chi connectivity index (χ3n) is 3.91. The maximum absolute atomic E-state index is 11.3. The highest BCUT2D eigenvalue weighted by Crippen LogP contribution is 2.35. The molecule has 0 aliphatic rings. The van der Waals surface area contributed by atoms with Gasteiger partial charge in [-0.05, 0) is 11.1 Å². The van der Waals surface area contributed by atoms with E-state index >= 15 is 0 Å². The number of nitrogens with one attached hydrogen (secondary N) is 3. The summed E-state index contributed by atoms with van der Waals surface area (Å²) >= 11 is 0. The van der Waals surface area contributed by atoms with E-state index in [4.69, 9.17) is 10.5 Å². The van der Waals surface area contributed by atoms with Crippen molar-refractivity contribution < 1.29 is 14.6 Å². The topological polar surface area (TPSA) is 109 Å². The Balaban J connectivity index is 2.26. The first-order valence-electron chi connectivity index (χ1n) is 7.91. The molecule has 7 heteroatoms. The number of aliphatic hydroxyl groups excluding tert-OH is 1. The predicted octanol–water partition coefficient (Wildman–Crippen LogP) is 1.91. The zero-order chi connectivity index (χ0) is 18.4. The lowest BCUT2D eigenvalue weighted by atomic mass is 10.0. The second-order valence-electron chi connectivity index (χ2n) is 5.44. The summed E-state index contributed by atoms with van der Waals surface area (Å²) in [6, 6.07) is 10.8. The number of amides is 1. The van der Waals surface area contributed by atoms with Crippen molar-refractivity contribution in [3.63, 3.8) is 0 Å². The largest absolute Gasteiger partial charge is 0.489 e. The minimum atomic E-state index is -1.35. The number of carbonyl (C=O) groups excluding carboxylic acids is 1. The lowest BCUT2D eigenvalue weighted by Crippen LogP contribution is -2.22. The number of anilines is 3. The number of nitrogens with two attached hydrogens (primary N) is 1. The van der Waals surface area contributed by atoms with Crippen molar-refractivity contribution in [3.8, 4) is 5.75 Å². The van der Waals surface area contributed by atoms with Crippen LogP contribution in [-0.4, -0.2) is 32.2 Å². The molecule has 0 fully saturated rings. The minimum Gasteiger partial charge on any atom is -0.489 e. The number of ether oxygens (including phenoxy) is 1. The van der Waals surface area contributed by atoms with Gasteiger partial charge in [-0.3, -0.25) is 4.79 Å². The summed E-state index contributed by atoms with van der Waals surface area (Å²) in [6.45, 7) is 0.200. The Labute approximate surface area is 147 Å². The van der Waals surface area contributed by atoms with Crippen LogP contribution in [0.1, 0.15) is 17.2 Å². The fourth-order valence-corrected chi connectivity index (χ4v) is 2.61. The molecule has 0 saturated heterocycles. The highest BCUT2D eigenvalue weighted by atomic mass is 16.5. The molecule has 134 valence electrons. The standard InChI is InChI=1S/C18H24N4O3/c1-20-14-8-12(9-15(21-2)16(14)22-3)25-10-11-6-4-5-7-13(11)17(23)18(19)24/h4-9,17,20-23H,10H2,1-3H3,(H2,19,24). The van der Waals surface area contributed by atoms with Gasteiger partial charge in [0.1, 0.15) is 12.4 Å². The van der Waals surface area contributed by atoms with E-state index < -0.39 is 12.0 Å². The molecule has 2 aromatic rings. The van der Waals surface area contributed by atoms with Crippen LogP contribution in [0.25, 0.3) is 0 Å². The summed E-state index contributed by atoms with van der Waals surface area (Å²) in [6.07, 6.45) is -1.35. The molecule has 0 aromatic heterocycles. The second-order valence-corrected chi connectivity index (χ2v) is 5.44. The Morgan fingerprint density at radius 3 is 2.24 bits per heavy atom. The minimum absolute atomic E-state index is 0.200. The molecule has 0 spiro atoms. The van der Waals surface area contributed by atoms with Crippen LogP contribution in [0.15, 0.2) is 36.4 Å². The van der Waals surface area contributed by atoms with Crippen LogP contribution in [0.2, 0.25) is 0 Å². The summed E-state index contributed by atoms with van der Waals surface area (Å²) in [5.41, 5.74) is 9.05. The summed E-state index contributed by atoms with van der Waals surface area (Å²) < 4.78 is 5.88. The molecule has 25 heavy (non-hydrogen) atoms. The van der Waals surface area contributed by atoms with Crippen LogP contribution in [0, 0.1) is 0 Å². The summed E-state index contributed by atoms with van der Waals surface area (Å²) in [5.74, 6) is -0.142. The van der Waals surface area contributed by atoms with E-state index in [0.29, 0.717) is 16.9 Å². The molecule has 6 N–H and O–H groups in total. The number of aliphatic hydroxyl groups is 1. The van der Waals surface area contributed by atoms with E-state index in [2.05, 4.69) is 16.0 Å². The maximum Gasteiger partial charge on any atom is 0.250 e. The van der Waals surface area contributed by atoms with Crippen molar-refractivity contribution in [2.75, 3.05) is 37.1 Å². The number of carbonyl (C=O) groups is 1. The SMILES string of the molecule is CNc1cc(OCc2ccccc2C(O)C(N)=O)cc(NC)c1NC. The molecule has 7 nitrogen and oxygen atoms in total. The number of primary amides is 1. The highest BCUT2D eigenvalue weighted by molar-refractivity contribution is 5.84. The zero-order valence-electron chi connectivity index (χ0n) is 14.6. The zero-order valence-corrected chi connectivity index (χ0v) is 14.6.